The van der Waals surface area contributed by atoms with Crippen LogP contribution in [0.4, 0.5) is 5.69 Å². The van der Waals surface area contributed by atoms with Crippen molar-refractivity contribution in [3.8, 4) is 11.5 Å². The molecule has 134 valence electrons. The number of ether oxygens (including phenoxy) is 3. The lowest BCUT2D eigenvalue weighted by Crippen LogP contribution is -2.37. The third-order valence-corrected chi connectivity index (χ3v) is 4.98. The number of anilines is 1. The molecule has 0 fully saturated rings. The molecule has 2 aromatic carbocycles. The van der Waals surface area contributed by atoms with Gasteiger partial charge < -0.3 is 19.5 Å². The zero-order valence-corrected chi connectivity index (χ0v) is 15.5. The Morgan fingerprint density at radius 3 is 2.48 bits per heavy atom. The Morgan fingerprint density at radius 1 is 1.04 bits per heavy atom. The molecule has 0 aromatic heterocycles. The Balaban J connectivity index is 1.99. The molecule has 1 heterocycles. The highest BCUT2D eigenvalue weighted by molar-refractivity contribution is 5.57. The van der Waals surface area contributed by atoms with E-state index in [2.05, 4.69) is 43.4 Å². The van der Waals surface area contributed by atoms with Crippen LogP contribution < -0.4 is 14.8 Å². The molecule has 0 saturated heterocycles. The van der Waals surface area contributed by atoms with Gasteiger partial charge in [0.15, 0.2) is 17.7 Å². The van der Waals surface area contributed by atoms with Crippen LogP contribution in [0.3, 0.4) is 0 Å². The standard InChI is InChI=1S/C21H27NO3/c1-5-21(6-2)16-10-8-9-11-17(16)22-20(25-21)15-12-13-18(24-7-3)19(14-15)23-4/h8-14,20,22H,5-7H2,1-4H3/t20-/m1/s1. The van der Waals surface area contributed by atoms with Crippen LogP contribution in [0.1, 0.15) is 51.0 Å². The van der Waals surface area contributed by atoms with Crippen LogP contribution in [0.5, 0.6) is 11.5 Å². The van der Waals surface area contributed by atoms with Crippen molar-refractivity contribution in [1.29, 1.82) is 0 Å². The van der Waals surface area contributed by atoms with Crippen molar-refractivity contribution in [3.05, 3.63) is 53.6 Å². The second-order valence-electron chi connectivity index (χ2n) is 6.23. The van der Waals surface area contributed by atoms with Gasteiger partial charge in [0.05, 0.1) is 19.3 Å². The van der Waals surface area contributed by atoms with Gasteiger partial charge in [-0.1, -0.05) is 38.1 Å². The van der Waals surface area contributed by atoms with Gasteiger partial charge in [0.1, 0.15) is 0 Å². The molecule has 0 bridgehead atoms. The first kappa shape index (κ1) is 17.6. The monoisotopic (exact) mass is 341 g/mol. The van der Waals surface area contributed by atoms with Gasteiger partial charge in [-0.15, -0.1) is 0 Å². The maximum absolute atomic E-state index is 6.58. The van der Waals surface area contributed by atoms with E-state index >= 15 is 0 Å². The SMILES string of the molecule is CCOc1ccc([C@@H]2Nc3ccccc3C(CC)(CC)O2)cc1OC. The molecular formula is C21H27NO3. The number of benzene rings is 2. The van der Waals surface area contributed by atoms with E-state index in [0.29, 0.717) is 6.61 Å². The molecule has 25 heavy (non-hydrogen) atoms. The first-order valence-electron chi connectivity index (χ1n) is 9.02. The number of fused-ring (bicyclic) bond motifs is 1. The Bertz CT molecular complexity index is 725. The number of nitrogens with one attached hydrogen (secondary N) is 1. The predicted molar refractivity (Wildman–Crippen MR) is 100 cm³/mol. The Kier molecular flexibility index (Phi) is 5.19. The molecule has 0 aliphatic carbocycles. The maximum Gasteiger partial charge on any atom is 0.161 e. The molecule has 3 rings (SSSR count). The van der Waals surface area contributed by atoms with Crippen molar-refractivity contribution < 1.29 is 14.2 Å². The van der Waals surface area contributed by atoms with Crippen molar-refractivity contribution in [2.45, 2.75) is 45.4 Å². The summed E-state index contributed by atoms with van der Waals surface area (Å²) >= 11 is 0. The number of hydrogen-bond acceptors (Lipinski definition) is 4. The number of hydrogen-bond donors (Lipinski definition) is 1. The third kappa shape index (κ3) is 3.19. The van der Waals surface area contributed by atoms with Crippen molar-refractivity contribution in [2.75, 3.05) is 19.0 Å². The zero-order valence-electron chi connectivity index (χ0n) is 15.5. The molecule has 4 nitrogen and oxygen atoms in total. The quantitative estimate of drug-likeness (QED) is 0.779. The average Bonchev–Trinajstić information content (AvgIpc) is 2.67. The van der Waals surface area contributed by atoms with Gasteiger partial charge in [-0.05, 0) is 38.0 Å². The van der Waals surface area contributed by atoms with E-state index in [1.165, 1.54) is 5.56 Å². The fourth-order valence-corrected chi connectivity index (χ4v) is 3.54. The van der Waals surface area contributed by atoms with Crippen LogP contribution >= 0.6 is 0 Å². The van der Waals surface area contributed by atoms with Crippen LogP contribution in [-0.2, 0) is 10.3 Å². The van der Waals surface area contributed by atoms with E-state index in [9.17, 15) is 0 Å². The van der Waals surface area contributed by atoms with E-state index in [4.69, 9.17) is 14.2 Å². The minimum atomic E-state index is -0.279. The van der Waals surface area contributed by atoms with Gasteiger partial charge in [-0.3, -0.25) is 0 Å². The van der Waals surface area contributed by atoms with Crippen LogP contribution in [0.2, 0.25) is 0 Å². The summed E-state index contributed by atoms with van der Waals surface area (Å²) in [6.45, 7) is 6.94. The summed E-state index contributed by atoms with van der Waals surface area (Å²) in [6.07, 6.45) is 1.62. The van der Waals surface area contributed by atoms with E-state index in [1.54, 1.807) is 7.11 Å². The summed E-state index contributed by atoms with van der Waals surface area (Å²) in [5.41, 5.74) is 3.11. The molecule has 1 aliphatic heterocycles. The maximum atomic E-state index is 6.58. The number of para-hydroxylation sites is 1. The lowest BCUT2D eigenvalue weighted by atomic mass is 9.85. The van der Waals surface area contributed by atoms with Gasteiger partial charge in [0, 0.05) is 16.8 Å². The molecule has 0 radical (unpaired) electrons. The van der Waals surface area contributed by atoms with E-state index in [1.807, 2.05) is 25.1 Å². The lowest BCUT2D eigenvalue weighted by Gasteiger charge is -2.43. The van der Waals surface area contributed by atoms with Gasteiger partial charge in [-0.2, -0.15) is 0 Å². The molecule has 0 saturated carbocycles. The highest BCUT2D eigenvalue weighted by Crippen LogP contribution is 2.46. The fourth-order valence-electron chi connectivity index (χ4n) is 3.54. The van der Waals surface area contributed by atoms with Crippen molar-refractivity contribution >= 4 is 5.69 Å². The molecule has 0 amide bonds. The van der Waals surface area contributed by atoms with Crippen molar-refractivity contribution in [1.82, 2.24) is 0 Å². The molecular weight excluding hydrogens is 314 g/mol. The van der Waals surface area contributed by atoms with Crippen LogP contribution in [0.25, 0.3) is 0 Å². The Morgan fingerprint density at radius 2 is 1.80 bits per heavy atom. The minimum Gasteiger partial charge on any atom is -0.493 e. The van der Waals surface area contributed by atoms with Crippen LogP contribution in [0.15, 0.2) is 42.5 Å². The number of rotatable bonds is 6. The second-order valence-corrected chi connectivity index (χ2v) is 6.23. The van der Waals surface area contributed by atoms with Crippen LogP contribution in [0, 0.1) is 0 Å². The van der Waals surface area contributed by atoms with Gasteiger partial charge in [0.25, 0.3) is 0 Å². The smallest absolute Gasteiger partial charge is 0.161 e. The van der Waals surface area contributed by atoms with Gasteiger partial charge in [0.2, 0.25) is 0 Å². The summed E-state index contributed by atoms with van der Waals surface area (Å²) in [7, 11) is 1.66. The average molecular weight is 341 g/mol. The molecule has 1 atom stereocenters. The molecule has 0 spiro atoms. The normalized spacial score (nSPS) is 18.2. The van der Waals surface area contributed by atoms with Crippen molar-refractivity contribution in [2.24, 2.45) is 0 Å². The van der Waals surface area contributed by atoms with E-state index in [-0.39, 0.29) is 11.8 Å². The topological polar surface area (TPSA) is 39.7 Å². The second kappa shape index (κ2) is 7.36. The fraction of sp³-hybridized carbons (Fsp3) is 0.429. The summed E-state index contributed by atoms with van der Waals surface area (Å²) in [6, 6.07) is 14.4. The summed E-state index contributed by atoms with van der Waals surface area (Å²) < 4.78 is 17.7. The summed E-state index contributed by atoms with van der Waals surface area (Å²) in [5.74, 6) is 1.48. The predicted octanol–water partition coefficient (Wildman–Crippen LogP) is 5.25. The molecule has 1 aliphatic rings. The lowest BCUT2D eigenvalue weighted by molar-refractivity contribution is -0.103. The van der Waals surface area contributed by atoms with E-state index < -0.39 is 0 Å². The first-order valence-corrected chi connectivity index (χ1v) is 9.02. The summed E-state index contributed by atoms with van der Waals surface area (Å²) in [5, 5.41) is 3.52. The first-order chi connectivity index (χ1) is 12.2. The van der Waals surface area contributed by atoms with Crippen LogP contribution in [-0.4, -0.2) is 13.7 Å². The number of methoxy groups -OCH3 is 1. The molecule has 0 unspecified atom stereocenters. The Labute approximate surface area is 150 Å². The minimum absolute atomic E-state index is 0.223. The molecule has 4 heteroatoms. The Hall–Kier alpha value is -2.20. The van der Waals surface area contributed by atoms with Gasteiger partial charge >= 0.3 is 0 Å². The summed E-state index contributed by atoms with van der Waals surface area (Å²) in [4.78, 5) is 0. The van der Waals surface area contributed by atoms with E-state index in [0.717, 1.165) is 35.6 Å². The molecule has 2 aromatic rings. The third-order valence-electron chi connectivity index (χ3n) is 4.98. The highest BCUT2D eigenvalue weighted by atomic mass is 16.5. The van der Waals surface area contributed by atoms with Crippen molar-refractivity contribution in [3.63, 3.8) is 0 Å². The zero-order chi connectivity index (χ0) is 17.9. The highest BCUT2D eigenvalue weighted by Gasteiger charge is 2.39. The largest absolute Gasteiger partial charge is 0.493 e. The van der Waals surface area contributed by atoms with Gasteiger partial charge in [-0.25, -0.2) is 0 Å². The molecule has 1 N–H and O–H groups in total.